The fourth-order valence-electron chi connectivity index (χ4n) is 1.22. The van der Waals surface area contributed by atoms with E-state index >= 15 is 0 Å². The number of carbonyl (C=O) groups excluding carboxylic acids is 1. The van der Waals surface area contributed by atoms with Crippen LogP contribution in [0.4, 0.5) is 11.4 Å². The molecule has 0 radical (unpaired) electrons. The minimum absolute atomic E-state index is 0.0125. The lowest BCUT2D eigenvalue weighted by molar-refractivity contribution is -0.119. The molecule has 0 aliphatic carbocycles. The second kappa shape index (κ2) is 5.39. The van der Waals surface area contributed by atoms with Crippen LogP contribution in [0.3, 0.4) is 0 Å². The third kappa shape index (κ3) is 2.89. The Balaban J connectivity index is 2.78. The topological polar surface area (TPSA) is 64.3 Å². The van der Waals surface area contributed by atoms with Gasteiger partial charge in [-0.15, -0.1) is 0 Å². The minimum Gasteiger partial charge on any atom is -0.497 e. The van der Waals surface area contributed by atoms with Crippen LogP contribution in [0.5, 0.6) is 5.75 Å². The van der Waals surface area contributed by atoms with E-state index in [-0.39, 0.29) is 11.8 Å². The van der Waals surface area contributed by atoms with Crippen LogP contribution in [0.1, 0.15) is 20.3 Å². The summed E-state index contributed by atoms with van der Waals surface area (Å²) in [5.74, 6) is 0.653. The highest BCUT2D eigenvalue weighted by molar-refractivity contribution is 5.95. The van der Waals surface area contributed by atoms with Gasteiger partial charge in [0.15, 0.2) is 0 Å². The predicted octanol–water partition coefficient (Wildman–Crippen LogP) is 2.26. The second-order valence-corrected chi connectivity index (χ2v) is 3.75. The number of carbonyl (C=O) groups is 1. The maximum Gasteiger partial charge on any atom is 0.227 e. The molecule has 1 aromatic rings. The number of nitrogen functional groups attached to an aromatic ring is 1. The number of benzene rings is 1. The van der Waals surface area contributed by atoms with E-state index in [1.807, 2.05) is 13.8 Å². The minimum atomic E-state index is -0.0145. The van der Waals surface area contributed by atoms with Crippen LogP contribution in [0.15, 0.2) is 18.2 Å². The molecule has 0 saturated carbocycles. The molecule has 88 valence electrons. The van der Waals surface area contributed by atoms with Crippen molar-refractivity contribution in [3.8, 4) is 5.75 Å². The lowest BCUT2D eigenvalue weighted by Gasteiger charge is -2.12. The molecule has 1 aromatic carbocycles. The van der Waals surface area contributed by atoms with Gasteiger partial charge in [-0.1, -0.05) is 13.8 Å². The summed E-state index contributed by atoms with van der Waals surface area (Å²) in [6, 6.07) is 5.20. The molecule has 4 heteroatoms. The normalized spacial score (nSPS) is 11.9. The number of hydrogen-bond donors (Lipinski definition) is 2. The quantitative estimate of drug-likeness (QED) is 0.768. The molecule has 0 bridgehead atoms. The first-order valence-electron chi connectivity index (χ1n) is 5.32. The first-order valence-corrected chi connectivity index (χ1v) is 5.32. The van der Waals surface area contributed by atoms with Gasteiger partial charge in [0.1, 0.15) is 5.75 Å². The summed E-state index contributed by atoms with van der Waals surface area (Å²) in [4.78, 5) is 11.7. The van der Waals surface area contributed by atoms with E-state index in [9.17, 15) is 4.79 Å². The maximum absolute atomic E-state index is 11.7. The fraction of sp³-hybridized carbons (Fsp3) is 0.417. The molecule has 0 saturated heterocycles. The Morgan fingerprint density at radius 2 is 2.25 bits per heavy atom. The van der Waals surface area contributed by atoms with E-state index in [0.717, 1.165) is 6.42 Å². The van der Waals surface area contributed by atoms with Gasteiger partial charge in [-0.2, -0.15) is 0 Å². The smallest absolute Gasteiger partial charge is 0.227 e. The van der Waals surface area contributed by atoms with Gasteiger partial charge in [0, 0.05) is 12.0 Å². The van der Waals surface area contributed by atoms with Crippen molar-refractivity contribution in [2.75, 3.05) is 18.2 Å². The maximum atomic E-state index is 11.7. The van der Waals surface area contributed by atoms with Gasteiger partial charge in [0.25, 0.3) is 0 Å². The highest BCUT2D eigenvalue weighted by Crippen LogP contribution is 2.24. The van der Waals surface area contributed by atoms with E-state index in [0.29, 0.717) is 17.1 Å². The molecule has 0 aliphatic rings. The van der Waals surface area contributed by atoms with Crippen LogP contribution in [0.25, 0.3) is 0 Å². The van der Waals surface area contributed by atoms with Gasteiger partial charge >= 0.3 is 0 Å². The summed E-state index contributed by atoms with van der Waals surface area (Å²) in [7, 11) is 1.58. The Labute approximate surface area is 95.8 Å². The van der Waals surface area contributed by atoms with Gasteiger partial charge in [-0.25, -0.2) is 0 Å². The molecule has 4 nitrogen and oxygen atoms in total. The SMILES string of the molecule is CC[C@@H](C)C(=O)Nc1ccc(OC)cc1N. The van der Waals surface area contributed by atoms with E-state index in [2.05, 4.69) is 5.32 Å². The van der Waals surface area contributed by atoms with Crippen LogP contribution in [0, 0.1) is 5.92 Å². The monoisotopic (exact) mass is 222 g/mol. The molecule has 0 fully saturated rings. The number of rotatable bonds is 4. The Kier molecular flexibility index (Phi) is 4.17. The second-order valence-electron chi connectivity index (χ2n) is 3.75. The standard InChI is InChI=1S/C12H18N2O2/c1-4-8(2)12(15)14-11-6-5-9(16-3)7-10(11)13/h5-8H,4,13H2,1-3H3,(H,14,15)/t8-/m1/s1. The van der Waals surface area contributed by atoms with Crippen LogP contribution >= 0.6 is 0 Å². The molecule has 0 aromatic heterocycles. The first-order chi connectivity index (χ1) is 7.58. The van der Waals surface area contributed by atoms with Crippen molar-refractivity contribution in [1.29, 1.82) is 0 Å². The van der Waals surface area contributed by atoms with Crippen molar-refractivity contribution in [2.24, 2.45) is 5.92 Å². The van der Waals surface area contributed by atoms with Gasteiger partial charge < -0.3 is 15.8 Å². The molecule has 0 heterocycles. The van der Waals surface area contributed by atoms with Crippen LogP contribution < -0.4 is 15.8 Å². The van der Waals surface area contributed by atoms with Gasteiger partial charge in [0.05, 0.1) is 18.5 Å². The zero-order chi connectivity index (χ0) is 12.1. The molecule has 1 atom stereocenters. The number of methoxy groups -OCH3 is 1. The van der Waals surface area contributed by atoms with Gasteiger partial charge in [-0.3, -0.25) is 4.79 Å². The Morgan fingerprint density at radius 3 is 2.75 bits per heavy atom. The van der Waals surface area contributed by atoms with E-state index < -0.39 is 0 Å². The highest BCUT2D eigenvalue weighted by Gasteiger charge is 2.12. The number of nitrogens with one attached hydrogen (secondary N) is 1. The largest absolute Gasteiger partial charge is 0.497 e. The number of amides is 1. The van der Waals surface area contributed by atoms with Crippen LogP contribution in [-0.2, 0) is 4.79 Å². The Hall–Kier alpha value is -1.71. The highest BCUT2D eigenvalue weighted by atomic mass is 16.5. The molecule has 1 rings (SSSR count). The number of ether oxygens (including phenoxy) is 1. The molecule has 0 spiro atoms. The third-order valence-electron chi connectivity index (χ3n) is 2.58. The molecule has 1 amide bonds. The lowest BCUT2D eigenvalue weighted by Crippen LogP contribution is -2.20. The number of hydrogen-bond acceptors (Lipinski definition) is 3. The van der Waals surface area contributed by atoms with Crippen molar-refractivity contribution in [1.82, 2.24) is 0 Å². The summed E-state index contributed by atoms with van der Waals surface area (Å²) in [5, 5.41) is 2.79. The Bertz CT molecular complexity index is 377. The fourth-order valence-corrected chi connectivity index (χ4v) is 1.22. The number of nitrogens with two attached hydrogens (primary N) is 1. The predicted molar refractivity (Wildman–Crippen MR) is 65.5 cm³/mol. The van der Waals surface area contributed by atoms with Crippen molar-refractivity contribution < 1.29 is 9.53 Å². The van der Waals surface area contributed by atoms with Gasteiger partial charge in [0.2, 0.25) is 5.91 Å². The molecular weight excluding hydrogens is 204 g/mol. The summed E-state index contributed by atoms with van der Waals surface area (Å²) < 4.78 is 5.03. The molecule has 16 heavy (non-hydrogen) atoms. The van der Waals surface area contributed by atoms with Crippen molar-refractivity contribution in [3.05, 3.63) is 18.2 Å². The average molecular weight is 222 g/mol. The van der Waals surface area contributed by atoms with E-state index in [4.69, 9.17) is 10.5 Å². The summed E-state index contributed by atoms with van der Waals surface area (Å²) in [6.45, 7) is 3.86. The van der Waals surface area contributed by atoms with Crippen molar-refractivity contribution >= 4 is 17.3 Å². The van der Waals surface area contributed by atoms with E-state index in [1.54, 1.807) is 25.3 Å². The molecule has 0 unspecified atom stereocenters. The lowest BCUT2D eigenvalue weighted by atomic mass is 10.1. The number of anilines is 2. The molecule has 0 aliphatic heterocycles. The van der Waals surface area contributed by atoms with Crippen molar-refractivity contribution in [2.45, 2.75) is 20.3 Å². The van der Waals surface area contributed by atoms with Gasteiger partial charge in [-0.05, 0) is 18.6 Å². The molecular formula is C12H18N2O2. The Morgan fingerprint density at radius 1 is 1.56 bits per heavy atom. The van der Waals surface area contributed by atoms with Crippen LogP contribution in [0.2, 0.25) is 0 Å². The zero-order valence-corrected chi connectivity index (χ0v) is 9.91. The average Bonchev–Trinajstić information content (AvgIpc) is 2.30. The van der Waals surface area contributed by atoms with E-state index in [1.165, 1.54) is 0 Å². The zero-order valence-electron chi connectivity index (χ0n) is 9.91. The summed E-state index contributed by atoms with van der Waals surface area (Å²) >= 11 is 0. The van der Waals surface area contributed by atoms with Crippen molar-refractivity contribution in [3.63, 3.8) is 0 Å². The summed E-state index contributed by atoms with van der Waals surface area (Å²) in [6.07, 6.45) is 0.807. The van der Waals surface area contributed by atoms with Crippen LogP contribution in [-0.4, -0.2) is 13.0 Å². The molecule has 3 N–H and O–H groups in total. The summed E-state index contributed by atoms with van der Waals surface area (Å²) in [5.41, 5.74) is 6.93. The third-order valence-corrected chi connectivity index (χ3v) is 2.58. The first kappa shape index (κ1) is 12.4.